The summed E-state index contributed by atoms with van der Waals surface area (Å²) in [6.07, 6.45) is 2.45. The van der Waals surface area contributed by atoms with Crippen molar-refractivity contribution >= 4 is 17.5 Å². The van der Waals surface area contributed by atoms with Crippen LogP contribution in [0.1, 0.15) is 36.2 Å². The molecule has 1 aromatic heterocycles. The second-order valence-electron chi connectivity index (χ2n) is 7.22. The van der Waals surface area contributed by atoms with Crippen molar-refractivity contribution in [3.63, 3.8) is 0 Å². The molecule has 4 rings (SSSR count). The lowest BCUT2D eigenvalue weighted by molar-refractivity contribution is -0.122. The molecule has 6 heteroatoms. The van der Waals surface area contributed by atoms with Gasteiger partial charge in [0, 0.05) is 22.3 Å². The first-order valence-corrected chi connectivity index (χ1v) is 10.2. The van der Waals surface area contributed by atoms with Gasteiger partial charge in [-0.2, -0.15) is 0 Å². The standard InChI is InChI=1S/C23H22ClN3O2/c1-2-18-13-22(29)27(23(25-18)16-7-5-8-17(24)12-16)14-21(28)26-20-11-10-15-6-3-4-9-19(15)20/h3-9,12-13,20H,2,10-11,14H2,1H3,(H,26,28)/t20-/m1/s1. The minimum absolute atomic E-state index is 0.0214. The van der Waals surface area contributed by atoms with Gasteiger partial charge in [0.25, 0.3) is 5.56 Å². The summed E-state index contributed by atoms with van der Waals surface area (Å²) in [6, 6.07) is 16.8. The maximum Gasteiger partial charge on any atom is 0.254 e. The van der Waals surface area contributed by atoms with Gasteiger partial charge < -0.3 is 5.32 Å². The first kappa shape index (κ1) is 19.4. The summed E-state index contributed by atoms with van der Waals surface area (Å²) in [5, 5.41) is 3.63. The SMILES string of the molecule is CCc1cc(=O)n(CC(=O)N[C@@H]2CCc3ccccc32)c(-c2cccc(Cl)c2)n1. The summed E-state index contributed by atoms with van der Waals surface area (Å²) in [7, 11) is 0. The van der Waals surface area contributed by atoms with Gasteiger partial charge in [-0.3, -0.25) is 14.2 Å². The Morgan fingerprint density at radius 3 is 2.83 bits per heavy atom. The lowest BCUT2D eigenvalue weighted by Gasteiger charge is -2.17. The number of fused-ring (bicyclic) bond motifs is 1. The van der Waals surface area contributed by atoms with Gasteiger partial charge in [-0.15, -0.1) is 0 Å². The van der Waals surface area contributed by atoms with E-state index in [1.165, 1.54) is 16.2 Å². The highest BCUT2D eigenvalue weighted by Crippen LogP contribution is 2.30. The summed E-state index contributed by atoms with van der Waals surface area (Å²) in [5.41, 5.74) is 3.58. The van der Waals surface area contributed by atoms with E-state index in [2.05, 4.69) is 22.4 Å². The quantitative estimate of drug-likeness (QED) is 0.697. The molecule has 148 valence electrons. The van der Waals surface area contributed by atoms with Crippen molar-refractivity contribution in [3.8, 4) is 11.4 Å². The normalized spacial score (nSPS) is 15.2. The van der Waals surface area contributed by atoms with Gasteiger partial charge >= 0.3 is 0 Å². The molecule has 1 atom stereocenters. The zero-order chi connectivity index (χ0) is 20.4. The molecule has 0 radical (unpaired) electrons. The van der Waals surface area contributed by atoms with Crippen LogP contribution in [0, 0.1) is 0 Å². The monoisotopic (exact) mass is 407 g/mol. The Kier molecular flexibility index (Phi) is 5.49. The minimum Gasteiger partial charge on any atom is -0.348 e. The number of rotatable bonds is 5. The van der Waals surface area contributed by atoms with Gasteiger partial charge in [-0.1, -0.05) is 54.9 Å². The van der Waals surface area contributed by atoms with Crippen LogP contribution in [0.4, 0.5) is 0 Å². The van der Waals surface area contributed by atoms with Gasteiger partial charge in [-0.25, -0.2) is 4.98 Å². The number of carbonyl (C=O) groups excluding carboxylic acids is 1. The maximum absolute atomic E-state index is 12.8. The Morgan fingerprint density at radius 2 is 2.03 bits per heavy atom. The first-order chi connectivity index (χ1) is 14.0. The van der Waals surface area contributed by atoms with Crippen LogP contribution in [-0.2, 0) is 24.2 Å². The van der Waals surface area contributed by atoms with E-state index >= 15 is 0 Å². The molecule has 0 saturated carbocycles. The van der Waals surface area contributed by atoms with Crippen LogP contribution in [0.15, 0.2) is 59.4 Å². The number of nitrogens with one attached hydrogen (secondary N) is 1. The van der Waals surface area contributed by atoms with E-state index in [9.17, 15) is 9.59 Å². The van der Waals surface area contributed by atoms with E-state index in [1.807, 2.05) is 31.2 Å². The molecule has 5 nitrogen and oxygen atoms in total. The highest BCUT2D eigenvalue weighted by molar-refractivity contribution is 6.30. The van der Waals surface area contributed by atoms with Gasteiger partial charge in [-0.05, 0) is 42.5 Å². The zero-order valence-corrected chi connectivity index (χ0v) is 16.9. The van der Waals surface area contributed by atoms with Crippen molar-refractivity contribution in [3.05, 3.63) is 86.8 Å². The number of nitrogens with zero attached hydrogens (tertiary/aromatic N) is 2. The highest BCUT2D eigenvalue weighted by Gasteiger charge is 2.24. The van der Waals surface area contributed by atoms with E-state index in [0.717, 1.165) is 18.4 Å². The number of amides is 1. The van der Waals surface area contributed by atoms with Crippen LogP contribution in [0.3, 0.4) is 0 Å². The fraction of sp³-hybridized carbons (Fsp3) is 0.261. The second-order valence-corrected chi connectivity index (χ2v) is 7.65. The summed E-state index contributed by atoms with van der Waals surface area (Å²) in [5.74, 6) is 0.252. The molecule has 0 unspecified atom stereocenters. The lowest BCUT2D eigenvalue weighted by Crippen LogP contribution is -2.35. The van der Waals surface area contributed by atoms with Crippen LogP contribution in [0.25, 0.3) is 11.4 Å². The number of halogens is 1. The lowest BCUT2D eigenvalue weighted by atomic mass is 10.1. The van der Waals surface area contributed by atoms with Crippen LogP contribution in [-0.4, -0.2) is 15.5 Å². The average Bonchev–Trinajstić information content (AvgIpc) is 3.12. The molecular formula is C23H22ClN3O2. The van der Waals surface area contributed by atoms with Crippen LogP contribution < -0.4 is 10.9 Å². The summed E-state index contributed by atoms with van der Waals surface area (Å²) in [6.45, 7) is 1.86. The first-order valence-electron chi connectivity index (χ1n) is 9.79. The molecule has 2 aromatic carbocycles. The molecule has 0 bridgehead atoms. The molecule has 29 heavy (non-hydrogen) atoms. The van der Waals surface area contributed by atoms with Crippen molar-refractivity contribution in [2.24, 2.45) is 0 Å². The zero-order valence-electron chi connectivity index (χ0n) is 16.2. The summed E-state index contributed by atoms with van der Waals surface area (Å²) < 4.78 is 1.42. The van der Waals surface area contributed by atoms with Gasteiger partial charge in [0.15, 0.2) is 0 Å². The molecule has 0 saturated heterocycles. The van der Waals surface area contributed by atoms with Crippen molar-refractivity contribution in [1.29, 1.82) is 0 Å². The topological polar surface area (TPSA) is 64.0 Å². The molecule has 3 aromatic rings. The fourth-order valence-electron chi connectivity index (χ4n) is 3.83. The maximum atomic E-state index is 12.8. The molecule has 0 fully saturated rings. The summed E-state index contributed by atoms with van der Waals surface area (Å²) >= 11 is 6.13. The number of aromatic nitrogens is 2. The van der Waals surface area contributed by atoms with Gasteiger partial charge in [0.2, 0.25) is 5.91 Å². The van der Waals surface area contributed by atoms with E-state index < -0.39 is 0 Å². The van der Waals surface area contributed by atoms with Crippen LogP contribution in [0.5, 0.6) is 0 Å². The average molecular weight is 408 g/mol. The number of aryl methyl sites for hydroxylation is 2. The van der Waals surface area contributed by atoms with E-state index in [4.69, 9.17) is 11.6 Å². The Hall–Kier alpha value is -2.92. The molecular weight excluding hydrogens is 386 g/mol. The van der Waals surface area contributed by atoms with Crippen molar-refractivity contribution in [2.75, 3.05) is 0 Å². The smallest absolute Gasteiger partial charge is 0.254 e. The van der Waals surface area contributed by atoms with Gasteiger partial charge in [0.1, 0.15) is 12.4 Å². The Morgan fingerprint density at radius 1 is 1.21 bits per heavy atom. The van der Waals surface area contributed by atoms with E-state index in [-0.39, 0.29) is 24.1 Å². The molecule has 0 spiro atoms. The molecule has 1 aliphatic carbocycles. The molecule has 1 aliphatic rings. The van der Waals surface area contributed by atoms with E-state index in [0.29, 0.717) is 28.5 Å². The molecule has 1 heterocycles. The molecule has 0 aliphatic heterocycles. The molecule has 1 N–H and O–H groups in total. The fourth-order valence-corrected chi connectivity index (χ4v) is 4.02. The van der Waals surface area contributed by atoms with Crippen molar-refractivity contribution in [2.45, 2.75) is 38.8 Å². The van der Waals surface area contributed by atoms with Gasteiger partial charge in [0.05, 0.1) is 6.04 Å². The van der Waals surface area contributed by atoms with E-state index in [1.54, 1.807) is 12.1 Å². The third-order valence-electron chi connectivity index (χ3n) is 5.28. The van der Waals surface area contributed by atoms with Crippen LogP contribution in [0.2, 0.25) is 5.02 Å². The second kappa shape index (κ2) is 8.21. The minimum atomic E-state index is -0.242. The number of hydrogen-bond donors (Lipinski definition) is 1. The molecule has 1 amide bonds. The number of hydrogen-bond acceptors (Lipinski definition) is 3. The Labute approximate surface area is 174 Å². The third-order valence-corrected chi connectivity index (χ3v) is 5.51. The van der Waals surface area contributed by atoms with Crippen LogP contribution >= 0.6 is 11.6 Å². The highest BCUT2D eigenvalue weighted by atomic mass is 35.5. The largest absolute Gasteiger partial charge is 0.348 e. The van der Waals surface area contributed by atoms with Crippen molar-refractivity contribution < 1.29 is 4.79 Å². The number of carbonyl (C=O) groups is 1. The predicted octanol–water partition coefficient (Wildman–Crippen LogP) is 3.93. The Bertz CT molecular complexity index is 1120. The summed E-state index contributed by atoms with van der Waals surface area (Å²) in [4.78, 5) is 30.2. The Balaban J connectivity index is 1.63. The third kappa shape index (κ3) is 4.10. The predicted molar refractivity (Wildman–Crippen MR) is 114 cm³/mol. The van der Waals surface area contributed by atoms with Crippen molar-refractivity contribution in [1.82, 2.24) is 14.9 Å². The number of benzene rings is 2.